The van der Waals surface area contributed by atoms with Crippen LogP contribution >= 0.6 is 23.4 Å². The van der Waals surface area contributed by atoms with Crippen LogP contribution in [0.3, 0.4) is 0 Å². The minimum absolute atomic E-state index is 0.00227. The average Bonchev–Trinajstić information content (AvgIpc) is 2.33. The Morgan fingerprint density at radius 3 is 2.75 bits per heavy atom. The summed E-state index contributed by atoms with van der Waals surface area (Å²) in [6, 6.07) is 7.24. The van der Waals surface area contributed by atoms with E-state index in [4.69, 9.17) is 16.7 Å². The lowest BCUT2D eigenvalue weighted by Crippen LogP contribution is -1.87. The van der Waals surface area contributed by atoms with Gasteiger partial charge in [-0.1, -0.05) is 17.7 Å². The smallest absolute Gasteiger partial charge is 0.121 e. The van der Waals surface area contributed by atoms with E-state index in [9.17, 15) is 0 Å². The fourth-order valence-electron chi connectivity index (χ4n) is 1.11. The lowest BCUT2D eigenvalue weighted by molar-refractivity contribution is 0.281. The van der Waals surface area contributed by atoms with Crippen molar-refractivity contribution >= 4 is 23.4 Å². The Morgan fingerprint density at radius 2 is 2.12 bits per heavy atom. The fourth-order valence-corrected chi connectivity index (χ4v) is 2.07. The highest BCUT2D eigenvalue weighted by Crippen LogP contribution is 2.29. The van der Waals surface area contributed by atoms with Crippen LogP contribution < -0.4 is 0 Å². The summed E-state index contributed by atoms with van der Waals surface area (Å²) in [4.78, 5) is 8.35. The maximum atomic E-state index is 8.88. The highest BCUT2D eigenvalue weighted by Gasteiger charge is 2.04. The van der Waals surface area contributed by atoms with Crippen LogP contribution in [0.15, 0.2) is 46.7 Å². The Balaban J connectivity index is 2.18. The second kappa shape index (κ2) is 5.30. The lowest BCUT2D eigenvalue weighted by Gasteiger charge is -2.02. The van der Waals surface area contributed by atoms with Crippen molar-refractivity contribution in [1.82, 2.24) is 9.97 Å². The summed E-state index contributed by atoms with van der Waals surface area (Å²) in [7, 11) is 0. The van der Waals surface area contributed by atoms with Crippen LogP contribution in [0.2, 0.25) is 5.02 Å². The molecule has 82 valence electrons. The summed E-state index contributed by atoms with van der Waals surface area (Å²) in [5, 5.41) is 11.0. The third-order valence-corrected chi connectivity index (χ3v) is 3.29. The van der Waals surface area contributed by atoms with Gasteiger partial charge in [-0.2, -0.15) is 0 Å². The van der Waals surface area contributed by atoms with Gasteiger partial charge < -0.3 is 5.11 Å². The average molecular weight is 253 g/mol. The monoisotopic (exact) mass is 252 g/mol. The molecule has 0 aliphatic heterocycles. The van der Waals surface area contributed by atoms with Crippen LogP contribution in [0.5, 0.6) is 0 Å². The minimum atomic E-state index is 0.00227. The highest BCUT2D eigenvalue weighted by molar-refractivity contribution is 7.99. The van der Waals surface area contributed by atoms with Crippen LogP contribution in [-0.2, 0) is 6.61 Å². The van der Waals surface area contributed by atoms with Gasteiger partial charge in [0.2, 0.25) is 0 Å². The van der Waals surface area contributed by atoms with E-state index < -0.39 is 0 Å². The minimum Gasteiger partial charge on any atom is -0.392 e. The number of aliphatic hydroxyl groups is 1. The van der Waals surface area contributed by atoms with Crippen molar-refractivity contribution in [1.29, 1.82) is 0 Å². The van der Waals surface area contributed by atoms with E-state index in [1.54, 1.807) is 24.5 Å². The molecule has 0 atom stereocenters. The predicted octanol–water partition coefficient (Wildman–Crippen LogP) is 2.77. The van der Waals surface area contributed by atoms with Crippen LogP contribution in [0, 0.1) is 0 Å². The number of hydrogen-bond donors (Lipinski definition) is 1. The van der Waals surface area contributed by atoms with Gasteiger partial charge >= 0.3 is 0 Å². The summed E-state index contributed by atoms with van der Waals surface area (Å²) in [5.41, 5.74) is 0.788. The fraction of sp³-hybridized carbons (Fsp3) is 0.0909. The quantitative estimate of drug-likeness (QED) is 0.913. The van der Waals surface area contributed by atoms with Gasteiger partial charge in [-0.3, -0.25) is 0 Å². The third-order valence-electron chi connectivity index (χ3n) is 1.91. The topological polar surface area (TPSA) is 46.0 Å². The zero-order valence-corrected chi connectivity index (χ0v) is 9.87. The van der Waals surface area contributed by atoms with E-state index in [0.717, 1.165) is 15.6 Å². The largest absolute Gasteiger partial charge is 0.392 e. The molecular formula is C11H9ClN2OS. The van der Waals surface area contributed by atoms with E-state index >= 15 is 0 Å². The Bertz CT molecular complexity index is 476. The Hall–Kier alpha value is -1.10. The Kier molecular flexibility index (Phi) is 3.77. The molecule has 2 aromatic rings. The molecule has 1 N–H and O–H groups in total. The molecular weight excluding hydrogens is 244 g/mol. The molecule has 0 aliphatic rings. The molecule has 0 aromatic carbocycles. The van der Waals surface area contributed by atoms with Crippen molar-refractivity contribution in [2.45, 2.75) is 16.7 Å². The maximum Gasteiger partial charge on any atom is 0.121 e. The van der Waals surface area contributed by atoms with Crippen LogP contribution in [-0.4, -0.2) is 15.1 Å². The molecule has 0 bridgehead atoms. The van der Waals surface area contributed by atoms with Gasteiger partial charge in [0.25, 0.3) is 0 Å². The molecule has 0 saturated carbocycles. The first kappa shape index (κ1) is 11.4. The van der Waals surface area contributed by atoms with Crippen molar-refractivity contribution in [3.8, 4) is 0 Å². The number of aromatic nitrogens is 2. The summed E-state index contributed by atoms with van der Waals surface area (Å²) in [6.07, 6.45) is 3.33. The summed E-state index contributed by atoms with van der Waals surface area (Å²) in [6.45, 7) is 0.00227. The van der Waals surface area contributed by atoms with Crippen molar-refractivity contribution in [3.05, 3.63) is 47.2 Å². The van der Waals surface area contributed by atoms with Crippen LogP contribution in [0.25, 0.3) is 0 Å². The number of hydrogen-bond acceptors (Lipinski definition) is 4. The van der Waals surface area contributed by atoms with E-state index in [1.807, 2.05) is 12.1 Å². The molecule has 0 radical (unpaired) electrons. The van der Waals surface area contributed by atoms with Crippen molar-refractivity contribution in [2.24, 2.45) is 0 Å². The standard InChI is InChI=1S/C11H9ClN2OS/c12-9-2-1-5-13-11(9)16-10-4-3-8(7-15)6-14-10/h1-6,15H,7H2. The first-order valence-corrected chi connectivity index (χ1v) is 5.83. The van der Waals surface area contributed by atoms with Crippen LogP contribution in [0.4, 0.5) is 0 Å². The summed E-state index contributed by atoms with van der Waals surface area (Å²) >= 11 is 7.38. The van der Waals surface area contributed by atoms with Crippen molar-refractivity contribution in [2.75, 3.05) is 0 Å². The van der Waals surface area contributed by atoms with Gasteiger partial charge in [-0.05, 0) is 35.5 Å². The van der Waals surface area contributed by atoms with Crippen LogP contribution in [0.1, 0.15) is 5.56 Å². The van der Waals surface area contributed by atoms with Gasteiger partial charge in [0.15, 0.2) is 0 Å². The molecule has 0 aliphatic carbocycles. The normalized spacial score (nSPS) is 10.4. The molecule has 0 amide bonds. The van der Waals surface area contributed by atoms with E-state index in [-0.39, 0.29) is 6.61 Å². The number of pyridine rings is 2. The number of halogens is 1. The van der Waals surface area contributed by atoms with Crippen molar-refractivity contribution < 1.29 is 5.11 Å². The zero-order chi connectivity index (χ0) is 11.4. The van der Waals surface area contributed by atoms with Gasteiger partial charge in [-0.15, -0.1) is 0 Å². The van der Waals surface area contributed by atoms with Gasteiger partial charge in [0.1, 0.15) is 10.1 Å². The SMILES string of the molecule is OCc1ccc(Sc2ncccc2Cl)nc1. The van der Waals surface area contributed by atoms with Gasteiger partial charge in [-0.25, -0.2) is 9.97 Å². The Labute approximate surface area is 103 Å². The molecule has 3 nitrogen and oxygen atoms in total. The maximum absolute atomic E-state index is 8.88. The number of rotatable bonds is 3. The zero-order valence-electron chi connectivity index (χ0n) is 8.30. The van der Waals surface area contributed by atoms with Crippen molar-refractivity contribution in [3.63, 3.8) is 0 Å². The summed E-state index contributed by atoms with van der Waals surface area (Å²) < 4.78 is 0. The third kappa shape index (κ3) is 2.72. The second-order valence-corrected chi connectivity index (χ2v) is 4.47. The first-order valence-electron chi connectivity index (χ1n) is 4.64. The van der Waals surface area contributed by atoms with E-state index in [0.29, 0.717) is 5.02 Å². The van der Waals surface area contributed by atoms with E-state index in [2.05, 4.69) is 9.97 Å². The molecule has 16 heavy (non-hydrogen) atoms. The second-order valence-electron chi connectivity index (χ2n) is 3.06. The molecule has 0 fully saturated rings. The number of aliphatic hydroxyl groups excluding tert-OH is 1. The Morgan fingerprint density at radius 1 is 1.25 bits per heavy atom. The highest BCUT2D eigenvalue weighted by atomic mass is 35.5. The number of nitrogens with zero attached hydrogens (tertiary/aromatic N) is 2. The molecule has 0 spiro atoms. The molecule has 0 saturated heterocycles. The lowest BCUT2D eigenvalue weighted by atomic mass is 10.3. The summed E-state index contributed by atoms with van der Waals surface area (Å²) in [5.74, 6) is 0. The van der Waals surface area contributed by atoms with Gasteiger partial charge in [0, 0.05) is 12.4 Å². The first-order chi connectivity index (χ1) is 7.79. The predicted molar refractivity (Wildman–Crippen MR) is 63.5 cm³/mol. The van der Waals surface area contributed by atoms with Gasteiger partial charge in [0.05, 0.1) is 11.6 Å². The molecule has 2 aromatic heterocycles. The molecule has 2 rings (SSSR count). The molecule has 5 heteroatoms. The van der Waals surface area contributed by atoms with E-state index in [1.165, 1.54) is 11.8 Å². The molecule has 0 unspecified atom stereocenters. The molecule has 2 heterocycles.